The molecule has 0 aromatic heterocycles. The van der Waals surface area contributed by atoms with E-state index in [0.29, 0.717) is 0 Å². The zero-order chi connectivity index (χ0) is 10.8. The first kappa shape index (κ1) is 29.2. The number of aliphatic hydroxyl groups excluding tert-OH is 3. The Balaban J connectivity index is -0.0000000213. The topological polar surface area (TPSA) is 60.7 Å². The Morgan fingerprint density at radius 2 is 0.769 bits per heavy atom. The molecule has 3 N–H and O–H groups in total. The smallest absolute Gasteiger partial charge is 0.0402 e. The molecule has 0 unspecified atom stereocenters. The fourth-order valence-corrected chi connectivity index (χ4v) is 0. The van der Waals surface area contributed by atoms with Gasteiger partial charge in [0.25, 0.3) is 0 Å². The van der Waals surface area contributed by atoms with Crippen molar-refractivity contribution in [1.29, 1.82) is 0 Å². The van der Waals surface area contributed by atoms with Gasteiger partial charge in [-0.25, -0.2) is 0 Å². The van der Waals surface area contributed by atoms with Crippen LogP contribution in [0.4, 0.5) is 0 Å². The Labute approximate surface area is 102 Å². The van der Waals surface area contributed by atoms with Crippen LogP contribution >= 0.6 is 0 Å². The largest absolute Gasteiger partial charge is 0.397 e. The SMILES string of the molecule is CCO.CCO.CCO.[CH2-]CC.[Zr]. The van der Waals surface area contributed by atoms with Crippen LogP contribution in [-0.2, 0) is 26.2 Å². The molecule has 13 heavy (non-hydrogen) atoms. The molecular formula is C9H25O3Zr-. The number of rotatable bonds is 0. The second-order valence-corrected chi connectivity index (χ2v) is 1.45. The van der Waals surface area contributed by atoms with Crippen LogP contribution in [0, 0.1) is 6.92 Å². The number of aliphatic hydroxyl groups is 3. The van der Waals surface area contributed by atoms with Crippen molar-refractivity contribution in [3.8, 4) is 0 Å². The van der Waals surface area contributed by atoms with Crippen molar-refractivity contribution >= 4 is 0 Å². The van der Waals surface area contributed by atoms with E-state index < -0.39 is 0 Å². The second-order valence-electron chi connectivity index (χ2n) is 1.45. The van der Waals surface area contributed by atoms with Crippen molar-refractivity contribution in [3.05, 3.63) is 6.92 Å². The average molecular weight is 273 g/mol. The van der Waals surface area contributed by atoms with Crippen LogP contribution in [0.25, 0.3) is 0 Å². The number of hydrogen-bond donors (Lipinski definition) is 3. The summed E-state index contributed by atoms with van der Waals surface area (Å²) in [5.74, 6) is 0. The summed E-state index contributed by atoms with van der Waals surface area (Å²) in [7, 11) is 0. The normalized spacial score (nSPS) is 5.54. The predicted molar refractivity (Wildman–Crippen MR) is 53.9 cm³/mol. The zero-order valence-corrected chi connectivity index (χ0v) is 11.8. The summed E-state index contributed by atoms with van der Waals surface area (Å²) < 4.78 is 0. The van der Waals surface area contributed by atoms with Crippen LogP contribution in [-0.4, -0.2) is 35.1 Å². The first-order valence-electron chi connectivity index (χ1n) is 4.28. The van der Waals surface area contributed by atoms with Gasteiger partial charge in [-0.15, -0.1) is 0 Å². The molecule has 0 spiro atoms. The molecule has 0 fully saturated rings. The molecule has 0 atom stereocenters. The Hall–Kier alpha value is 0.763. The van der Waals surface area contributed by atoms with Crippen LogP contribution in [0.15, 0.2) is 0 Å². The minimum atomic E-state index is 0. The van der Waals surface area contributed by atoms with Gasteiger partial charge in [-0.05, 0) is 20.8 Å². The molecule has 0 bridgehead atoms. The van der Waals surface area contributed by atoms with E-state index in [1.165, 1.54) is 0 Å². The second kappa shape index (κ2) is 77.8. The summed E-state index contributed by atoms with van der Waals surface area (Å²) >= 11 is 0. The van der Waals surface area contributed by atoms with Gasteiger partial charge in [0.1, 0.15) is 0 Å². The molecule has 0 amide bonds. The fraction of sp³-hybridized carbons (Fsp3) is 0.889. The summed E-state index contributed by atoms with van der Waals surface area (Å²) in [6.07, 6.45) is 1.00. The summed E-state index contributed by atoms with van der Waals surface area (Å²) in [5, 5.41) is 22.7. The first-order chi connectivity index (χ1) is 5.66. The molecule has 0 aliphatic carbocycles. The van der Waals surface area contributed by atoms with E-state index in [0.717, 1.165) is 6.42 Å². The van der Waals surface area contributed by atoms with E-state index >= 15 is 0 Å². The van der Waals surface area contributed by atoms with Gasteiger partial charge in [0, 0.05) is 46.0 Å². The van der Waals surface area contributed by atoms with Gasteiger partial charge in [-0.2, -0.15) is 6.42 Å². The first-order valence-corrected chi connectivity index (χ1v) is 4.28. The molecular weight excluding hydrogens is 247 g/mol. The third kappa shape index (κ3) is 2540. The fourth-order valence-electron chi connectivity index (χ4n) is 0. The van der Waals surface area contributed by atoms with Crippen LogP contribution in [0.1, 0.15) is 34.1 Å². The van der Waals surface area contributed by atoms with Gasteiger partial charge in [0.05, 0.1) is 0 Å². The van der Waals surface area contributed by atoms with E-state index in [9.17, 15) is 0 Å². The Morgan fingerprint density at radius 3 is 0.769 bits per heavy atom. The van der Waals surface area contributed by atoms with E-state index in [1.54, 1.807) is 20.8 Å². The molecule has 0 aromatic carbocycles. The van der Waals surface area contributed by atoms with E-state index in [-0.39, 0.29) is 46.0 Å². The molecule has 0 radical (unpaired) electrons. The predicted octanol–water partition coefficient (Wildman–Crippen LogP) is 1.22. The van der Waals surface area contributed by atoms with Gasteiger partial charge in [0.2, 0.25) is 0 Å². The monoisotopic (exact) mass is 271 g/mol. The molecule has 0 saturated carbocycles. The zero-order valence-electron chi connectivity index (χ0n) is 9.38. The molecule has 0 heterocycles. The Bertz CT molecular complexity index is 22.8. The van der Waals surface area contributed by atoms with Crippen molar-refractivity contribution in [2.24, 2.45) is 0 Å². The number of hydrogen-bond acceptors (Lipinski definition) is 3. The molecule has 0 saturated heterocycles. The van der Waals surface area contributed by atoms with Crippen molar-refractivity contribution in [1.82, 2.24) is 0 Å². The summed E-state index contributed by atoms with van der Waals surface area (Å²) in [6, 6.07) is 0. The van der Waals surface area contributed by atoms with Crippen LogP contribution in [0.5, 0.6) is 0 Å². The van der Waals surface area contributed by atoms with Crippen molar-refractivity contribution in [2.75, 3.05) is 19.8 Å². The third-order valence-corrected chi connectivity index (χ3v) is 0. The molecule has 0 rings (SSSR count). The third-order valence-electron chi connectivity index (χ3n) is 0. The molecule has 84 valence electrons. The van der Waals surface area contributed by atoms with Gasteiger partial charge in [-0.3, -0.25) is 0 Å². The minimum Gasteiger partial charge on any atom is -0.397 e. The van der Waals surface area contributed by atoms with Crippen molar-refractivity contribution < 1.29 is 41.5 Å². The summed E-state index contributed by atoms with van der Waals surface area (Å²) in [4.78, 5) is 0. The molecule has 4 heteroatoms. The molecule has 0 aliphatic heterocycles. The maximum atomic E-state index is 7.57. The van der Waals surface area contributed by atoms with Gasteiger partial charge >= 0.3 is 0 Å². The van der Waals surface area contributed by atoms with Crippen molar-refractivity contribution in [2.45, 2.75) is 34.1 Å². The Kier molecular flexibility index (Phi) is 175. The summed E-state index contributed by atoms with van der Waals surface area (Å²) in [6.45, 7) is 11.3. The average Bonchev–Trinajstić information content (AvgIpc) is 1.92. The van der Waals surface area contributed by atoms with E-state index in [2.05, 4.69) is 6.92 Å². The van der Waals surface area contributed by atoms with E-state index in [4.69, 9.17) is 15.3 Å². The van der Waals surface area contributed by atoms with Crippen LogP contribution in [0.2, 0.25) is 0 Å². The van der Waals surface area contributed by atoms with Gasteiger partial charge in [0.15, 0.2) is 0 Å². The molecule has 0 aromatic rings. The molecule has 3 nitrogen and oxygen atoms in total. The standard InChI is InChI=1S/C3H7.3C2H6O.Zr/c1-3-2;3*1-2-3;/h1,3H2,2H3;3*3H,2H2,1H3;/q-1;;;;. The maximum Gasteiger partial charge on any atom is 0.0402 e. The molecule has 0 aliphatic rings. The van der Waals surface area contributed by atoms with Crippen molar-refractivity contribution in [3.63, 3.8) is 0 Å². The van der Waals surface area contributed by atoms with Crippen LogP contribution in [0.3, 0.4) is 0 Å². The summed E-state index contributed by atoms with van der Waals surface area (Å²) in [5.41, 5.74) is 0. The minimum absolute atomic E-state index is 0. The van der Waals surface area contributed by atoms with Gasteiger partial charge < -0.3 is 22.2 Å². The maximum absolute atomic E-state index is 7.57. The quantitative estimate of drug-likeness (QED) is 0.581. The van der Waals surface area contributed by atoms with Crippen LogP contribution < -0.4 is 0 Å². The van der Waals surface area contributed by atoms with Gasteiger partial charge in [-0.1, -0.05) is 6.92 Å². The Morgan fingerprint density at radius 1 is 0.769 bits per heavy atom. The van der Waals surface area contributed by atoms with E-state index in [1.807, 2.05) is 6.92 Å².